The number of aromatic amines is 1. The summed E-state index contributed by atoms with van der Waals surface area (Å²) in [7, 11) is 0. The van der Waals surface area contributed by atoms with Crippen LogP contribution in [0, 0.1) is 0 Å². The molecule has 2 unspecified atom stereocenters. The van der Waals surface area contributed by atoms with E-state index < -0.39 is 12.1 Å². The summed E-state index contributed by atoms with van der Waals surface area (Å²) in [6.07, 6.45) is -0.954. The number of ether oxygens (including phenoxy) is 1. The molecule has 3 aromatic rings. The predicted octanol–water partition coefficient (Wildman–Crippen LogP) is 5.49. The summed E-state index contributed by atoms with van der Waals surface area (Å²) in [5.41, 5.74) is 2.16. The minimum Gasteiger partial charge on any atom is -0.461 e. The molecule has 2 aromatic carbocycles. The first-order chi connectivity index (χ1) is 12.4. The quantitative estimate of drug-likeness (QED) is 0.565. The Hall–Kier alpha value is -2.01. The lowest BCUT2D eigenvalue weighted by molar-refractivity contribution is 0.0511. The van der Waals surface area contributed by atoms with Gasteiger partial charge in [-0.15, -0.1) is 0 Å². The van der Waals surface area contributed by atoms with Gasteiger partial charge in [-0.05, 0) is 24.6 Å². The first kappa shape index (κ1) is 18.8. The normalized spacial score (nSPS) is 13.6. The minimum atomic E-state index is -0.954. The zero-order valence-electron chi connectivity index (χ0n) is 14.4. The van der Waals surface area contributed by atoms with Gasteiger partial charge in [0.05, 0.1) is 17.7 Å². The van der Waals surface area contributed by atoms with Crippen molar-refractivity contribution >= 4 is 40.1 Å². The van der Waals surface area contributed by atoms with Crippen molar-refractivity contribution in [2.24, 2.45) is 0 Å². The highest BCUT2D eigenvalue weighted by atomic mass is 35.5. The van der Waals surface area contributed by atoms with Crippen molar-refractivity contribution in [3.63, 3.8) is 0 Å². The SMILES string of the molecule is CCOC(=O)c1[nH]c2cc(Cl)cc(Cl)c2c1C(O)C(C)c1ccccc1. The van der Waals surface area contributed by atoms with Gasteiger partial charge in [-0.2, -0.15) is 0 Å². The number of rotatable bonds is 5. The highest BCUT2D eigenvalue weighted by molar-refractivity contribution is 6.39. The van der Waals surface area contributed by atoms with E-state index in [1.807, 2.05) is 37.3 Å². The summed E-state index contributed by atoms with van der Waals surface area (Å²) in [6, 6.07) is 12.9. The van der Waals surface area contributed by atoms with E-state index in [9.17, 15) is 9.90 Å². The zero-order valence-corrected chi connectivity index (χ0v) is 15.9. The standard InChI is InChI=1S/C20H19Cl2NO3/c1-3-26-20(25)18-17(16-14(22)9-13(21)10-15(16)23-18)19(24)11(2)12-7-5-4-6-8-12/h4-11,19,23-24H,3H2,1-2H3. The number of aliphatic hydroxyl groups excluding tert-OH is 1. The summed E-state index contributed by atoms with van der Waals surface area (Å²) in [5.74, 6) is -0.791. The molecule has 1 aromatic heterocycles. The number of carbonyl (C=O) groups is 1. The minimum absolute atomic E-state index is 0.196. The van der Waals surface area contributed by atoms with E-state index in [0.717, 1.165) is 5.56 Å². The fraction of sp³-hybridized carbons (Fsp3) is 0.250. The van der Waals surface area contributed by atoms with E-state index in [1.54, 1.807) is 19.1 Å². The lowest BCUT2D eigenvalue weighted by Gasteiger charge is -2.20. The maximum atomic E-state index is 12.5. The number of H-pyrrole nitrogens is 1. The molecule has 6 heteroatoms. The van der Waals surface area contributed by atoms with Gasteiger partial charge in [-0.1, -0.05) is 60.5 Å². The highest BCUT2D eigenvalue weighted by Crippen LogP contribution is 2.40. The predicted molar refractivity (Wildman–Crippen MR) is 104 cm³/mol. The maximum Gasteiger partial charge on any atom is 0.355 e. The Bertz CT molecular complexity index is 937. The van der Waals surface area contributed by atoms with Gasteiger partial charge in [0.25, 0.3) is 0 Å². The Kier molecular flexibility index (Phi) is 5.56. The molecule has 0 spiro atoms. The number of aromatic nitrogens is 1. The van der Waals surface area contributed by atoms with Gasteiger partial charge in [0.2, 0.25) is 0 Å². The van der Waals surface area contributed by atoms with Crippen LogP contribution >= 0.6 is 23.2 Å². The molecule has 0 aliphatic carbocycles. The highest BCUT2D eigenvalue weighted by Gasteiger charge is 2.29. The van der Waals surface area contributed by atoms with Crippen LogP contribution in [0.1, 0.15) is 47.5 Å². The van der Waals surface area contributed by atoms with Gasteiger partial charge in [-0.3, -0.25) is 0 Å². The Morgan fingerprint density at radius 2 is 1.92 bits per heavy atom. The van der Waals surface area contributed by atoms with Crippen molar-refractivity contribution in [2.45, 2.75) is 25.9 Å². The molecule has 0 bridgehead atoms. The van der Waals surface area contributed by atoms with Crippen LogP contribution in [-0.2, 0) is 4.74 Å². The molecule has 136 valence electrons. The first-order valence-corrected chi connectivity index (χ1v) is 9.10. The number of esters is 1. The molecular formula is C20H19Cl2NO3. The van der Waals surface area contributed by atoms with Gasteiger partial charge in [0.1, 0.15) is 5.69 Å². The Morgan fingerprint density at radius 3 is 2.58 bits per heavy atom. The van der Waals surface area contributed by atoms with Gasteiger partial charge in [-0.25, -0.2) is 4.79 Å². The van der Waals surface area contributed by atoms with Crippen molar-refractivity contribution < 1.29 is 14.6 Å². The molecule has 0 aliphatic heterocycles. The molecule has 2 atom stereocenters. The zero-order chi connectivity index (χ0) is 18.8. The molecule has 0 saturated carbocycles. The molecular weight excluding hydrogens is 373 g/mol. The number of hydrogen-bond acceptors (Lipinski definition) is 3. The summed E-state index contributed by atoms with van der Waals surface area (Å²) in [4.78, 5) is 15.5. The van der Waals surface area contributed by atoms with E-state index in [4.69, 9.17) is 27.9 Å². The van der Waals surface area contributed by atoms with Crippen LogP contribution in [0.5, 0.6) is 0 Å². The van der Waals surface area contributed by atoms with E-state index >= 15 is 0 Å². The number of aliphatic hydroxyl groups is 1. The second kappa shape index (κ2) is 7.70. The van der Waals surface area contributed by atoms with Crippen LogP contribution in [0.25, 0.3) is 10.9 Å². The first-order valence-electron chi connectivity index (χ1n) is 8.34. The number of nitrogens with one attached hydrogen (secondary N) is 1. The molecule has 0 saturated heterocycles. The van der Waals surface area contributed by atoms with Crippen LogP contribution in [0.2, 0.25) is 10.0 Å². The van der Waals surface area contributed by atoms with Crippen molar-refractivity contribution in [3.8, 4) is 0 Å². The molecule has 0 aliphatic rings. The van der Waals surface area contributed by atoms with Crippen molar-refractivity contribution in [1.29, 1.82) is 0 Å². The van der Waals surface area contributed by atoms with Gasteiger partial charge in [0.15, 0.2) is 0 Å². The second-order valence-corrected chi connectivity index (χ2v) is 6.93. The number of carbonyl (C=O) groups excluding carboxylic acids is 1. The topological polar surface area (TPSA) is 62.3 Å². The monoisotopic (exact) mass is 391 g/mol. The Labute approximate surface area is 161 Å². The average Bonchev–Trinajstić information content (AvgIpc) is 3.01. The molecule has 4 nitrogen and oxygen atoms in total. The largest absolute Gasteiger partial charge is 0.461 e. The maximum absolute atomic E-state index is 12.5. The fourth-order valence-corrected chi connectivity index (χ4v) is 3.72. The Balaban J connectivity index is 2.18. The molecule has 0 radical (unpaired) electrons. The lowest BCUT2D eigenvalue weighted by Crippen LogP contribution is -2.14. The van der Waals surface area contributed by atoms with Crippen molar-refractivity contribution in [1.82, 2.24) is 4.98 Å². The lowest BCUT2D eigenvalue weighted by atomic mass is 9.89. The average molecular weight is 392 g/mol. The van der Waals surface area contributed by atoms with Crippen molar-refractivity contribution in [2.75, 3.05) is 6.61 Å². The van der Waals surface area contributed by atoms with E-state index in [0.29, 0.717) is 26.5 Å². The summed E-state index contributed by atoms with van der Waals surface area (Å²) in [5, 5.41) is 12.5. The molecule has 0 fully saturated rings. The van der Waals surface area contributed by atoms with E-state index in [-0.39, 0.29) is 18.2 Å². The van der Waals surface area contributed by atoms with Gasteiger partial charge >= 0.3 is 5.97 Å². The summed E-state index contributed by atoms with van der Waals surface area (Å²) in [6.45, 7) is 3.86. The summed E-state index contributed by atoms with van der Waals surface area (Å²) < 4.78 is 5.15. The third-order valence-electron chi connectivity index (χ3n) is 4.43. The van der Waals surface area contributed by atoms with Crippen LogP contribution in [-0.4, -0.2) is 22.7 Å². The van der Waals surface area contributed by atoms with Gasteiger partial charge in [0, 0.05) is 27.4 Å². The molecule has 3 rings (SSSR count). The summed E-state index contributed by atoms with van der Waals surface area (Å²) >= 11 is 12.5. The van der Waals surface area contributed by atoms with E-state index in [2.05, 4.69) is 4.98 Å². The van der Waals surface area contributed by atoms with Crippen LogP contribution in [0.4, 0.5) is 0 Å². The third-order valence-corrected chi connectivity index (χ3v) is 4.94. The number of fused-ring (bicyclic) bond motifs is 1. The number of benzene rings is 2. The molecule has 1 heterocycles. The molecule has 2 N–H and O–H groups in total. The second-order valence-electron chi connectivity index (χ2n) is 6.09. The smallest absolute Gasteiger partial charge is 0.355 e. The number of hydrogen-bond donors (Lipinski definition) is 2. The fourth-order valence-electron chi connectivity index (χ4n) is 3.12. The van der Waals surface area contributed by atoms with Gasteiger partial charge < -0.3 is 14.8 Å². The van der Waals surface area contributed by atoms with Crippen LogP contribution in [0.15, 0.2) is 42.5 Å². The van der Waals surface area contributed by atoms with E-state index in [1.165, 1.54) is 0 Å². The van der Waals surface area contributed by atoms with Crippen LogP contribution < -0.4 is 0 Å². The Morgan fingerprint density at radius 1 is 1.23 bits per heavy atom. The van der Waals surface area contributed by atoms with Crippen molar-refractivity contribution in [3.05, 3.63) is 69.3 Å². The third kappa shape index (κ3) is 3.45. The molecule has 0 amide bonds. The molecule has 26 heavy (non-hydrogen) atoms. The van der Waals surface area contributed by atoms with Crippen LogP contribution in [0.3, 0.4) is 0 Å². The number of halogens is 2.